The highest BCUT2D eigenvalue weighted by atomic mass is 32.2. The maximum Gasteiger partial charge on any atom is 0.149 e. The summed E-state index contributed by atoms with van der Waals surface area (Å²) >= 11 is 1.93. The Hall–Kier alpha value is -1.60. The van der Waals surface area contributed by atoms with Gasteiger partial charge in [0, 0.05) is 42.9 Å². The topological polar surface area (TPSA) is 72.9 Å². The molecule has 1 unspecified atom stereocenters. The van der Waals surface area contributed by atoms with Crippen molar-refractivity contribution in [2.45, 2.75) is 6.04 Å². The van der Waals surface area contributed by atoms with E-state index in [9.17, 15) is 0 Å². The van der Waals surface area contributed by atoms with Gasteiger partial charge < -0.3 is 5.73 Å². The molecule has 0 aliphatic carbocycles. The first kappa shape index (κ1) is 13.4. The normalized spacial score (nSPS) is 20.2. The van der Waals surface area contributed by atoms with E-state index in [4.69, 9.17) is 10.7 Å². The number of thioether (sulfide) groups is 1. The summed E-state index contributed by atoms with van der Waals surface area (Å²) in [7, 11) is 4.00. The third kappa shape index (κ3) is 2.64. The lowest BCUT2D eigenvalue weighted by Gasteiger charge is -2.31. The zero-order valence-corrected chi connectivity index (χ0v) is 12.5. The molecule has 3 rings (SSSR count). The van der Waals surface area contributed by atoms with Crippen molar-refractivity contribution in [3.05, 3.63) is 24.3 Å². The van der Waals surface area contributed by atoms with Crippen molar-refractivity contribution in [2.75, 3.05) is 30.8 Å². The van der Waals surface area contributed by atoms with Crippen LogP contribution in [0.3, 0.4) is 0 Å². The van der Waals surface area contributed by atoms with Crippen molar-refractivity contribution >= 4 is 17.6 Å². The van der Waals surface area contributed by atoms with Gasteiger partial charge in [-0.3, -0.25) is 9.58 Å². The average Bonchev–Trinajstić information content (AvgIpc) is 2.85. The summed E-state index contributed by atoms with van der Waals surface area (Å²) in [4.78, 5) is 11.4. The number of aromatic nitrogens is 4. The fraction of sp³-hybridized carbons (Fsp3) is 0.462. The number of hydrogen-bond donors (Lipinski definition) is 1. The lowest BCUT2D eigenvalue weighted by Crippen LogP contribution is -2.34. The molecular weight excluding hydrogens is 272 g/mol. The minimum Gasteiger partial charge on any atom is -0.384 e. The van der Waals surface area contributed by atoms with Crippen LogP contribution in [-0.4, -0.2) is 49.7 Å². The van der Waals surface area contributed by atoms with E-state index >= 15 is 0 Å². The van der Waals surface area contributed by atoms with Crippen molar-refractivity contribution < 1.29 is 0 Å². The molecule has 20 heavy (non-hydrogen) atoms. The van der Waals surface area contributed by atoms with Crippen molar-refractivity contribution in [3.8, 4) is 11.3 Å². The Morgan fingerprint density at radius 2 is 2.20 bits per heavy atom. The fourth-order valence-corrected chi connectivity index (χ4v) is 3.50. The monoisotopic (exact) mass is 290 g/mol. The van der Waals surface area contributed by atoms with E-state index in [1.165, 1.54) is 0 Å². The highest BCUT2D eigenvalue weighted by Crippen LogP contribution is 2.28. The van der Waals surface area contributed by atoms with Crippen LogP contribution in [0.4, 0.5) is 5.82 Å². The predicted molar refractivity (Wildman–Crippen MR) is 81.3 cm³/mol. The van der Waals surface area contributed by atoms with E-state index in [0.717, 1.165) is 35.1 Å². The molecule has 1 fully saturated rings. The van der Waals surface area contributed by atoms with Gasteiger partial charge in [0.1, 0.15) is 11.6 Å². The maximum atomic E-state index is 5.95. The van der Waals surface area contributed by atoms with Gasteiger partial charge in [-0.25, -0.2) is 9.97 Å². The third-order valence-corrected chi connectivity index (χ3v) is 4.48. The summed E-state index contributed by atoms with van der Waals surface area (Å²) in [6.07, 6.45) is 3.73. The van der Waals surface area contributed by atoms with Gasteiger partial charge in [-0.05, 0) is 7.05 Å². The lowest BCUT2D eigenvalue weighted by atomic mass is 10.2. The number of aryl methyl sites for hydroxylation is 1. The molecule has 0 amide bonds. The van der Waals surface area contributed by atoms with Crippen molar-refractivity contribution in [3.63, 3.8) is 0 Å². The first-order valence-corrected chi connectivity index (χ1v) is 7.70. The van der Waals surface area contributed by atoms with Crippen LogP contribution in [0.15, 0.2) is 18.5 Å². The van der Waals surface area contributed by atoms with Gasteiger partial charge in [-0.1, -0.05) is 0 Å². The molecule has 1 saturated heterocycles. The number of nitrogens with zero attached hydrogens (tertiary/aromatic N) is 5. The first-order chi connectivity index (χ1) is 9.63. The molecule has 6 nitrogen and oxygen atoms in total. The lowest BCUT2D eigenvalue weighted by molar-refractivity contribution is 0.265. The fourth-order valence-electron chi connectivity index (χ4n) is 2.29. The smallest absolute Gasteiger partial charge is 0.149 e. The van der Waals surface area contributed by atoms with Crippen LogP contribution in [0.2, 0.25) is 0 Å². The minimum atomic E-state index is 0.229. The van der Waals surface area contributed by atoms with Gasteiger partial charge >= 0.3 is 0 Å². The van der Waals surface area contributed by atoms with E-state index in [-0.39, 0.29) is 6.04 Å². The van der Waals surface area contributed by atoms with Gasteiger partial charge in [0.05, 0.1) is 17.9 Å². The van der Waals surface area contributed by atoms with Gasteiger partial charge in [-0.15, -0.1) is 0 Å². The molecule has 0 aromatic carbocycles. The van der Waals surface area contributed by atoms with Crippen LogP contribution in [0, 0.1) is 0 Å². The van der Waals surface area contributed by atoms with Crippen LogP contribution < -0.4 is 5.73 Å². The van der Waals surface area contributed by atoms with E-state index in [1.807, 2.05) is 25.0 Å². The highest BCUT2D eigenvalue weighted by Gasteiger charge is 2.24. The summed E-state index contributed by atoms with van der Waals surface area (Å²) in [5.74, 6) is 3.48. The minimum absolute atomic E-state index is 0.229. The number of nitrogens with two attached hydrogens (primary N) is 1. The summed E-state index contributed by atoms with van der Waals surface area (Å²) in [6, 6.07) is 2.03. The van der Waals surface area contributed by atoms with E-state index in [1.54, 1.807) is 16.9 Å². The second kappa shape index (κ2) is 5.41. The molecule has 1 aliphatic rings. The molecule has 7 heteroatoms. The van der Waals surface area contributed by atoms with Gasteiger partial charge in [0.15, 0.2) is 0 Å². The largest absolute Gasteiger partial charge is 0.384 e. The Morgan fingerprint density at radius 1 is 1.35 bits per heavy atom. The Labute approximate surface area is 122 Å². The number of nitrogen functional groups attached to an aromatic ring is 1. The van der Waals surface area contributed by atoms with E-state index < -0.39 is 0 Å². The molecule has 0 radical (unpaired) electrons. The quantitative estimate of drug-likeness (QED) is 0.895. The van der Waals surface area contributed by atoms with Crippen molar-refractivity contribution in [2.24, 2.45) is 7.05 Å². The van der Waals surface area contributed by atoms with Crippen molar-refractivity contribution in [1.82, 2.24) is 24.6 Å². The summed E-state index contributed by atoms with van der Waals surface area (Å²) in [6.45, 7) is 1.05. The molecule has 0 bridgehead atoms. The Balaban J connectivity index is 1.98. The van der Waals surface area contributed by atoms with Crippen LogP contribution in [0.25, 0.3) is 11.3 Å². The molecule has 106 valence electrons. The first-order valence-electron chi connectivity index (χ1n) is 6.55. The molecule has 0 saturated carbocycles. The van der Waals surface area contributed by atoms with Crippen LogP contribution in [-0.2, 0) is 7.05 Å². The Bertz CT molecular complexity index is 611. The average molecular weight is 290 g/mol. The second-order valence-corrected chi connectivity index (χ2v) is 6.16. The van der Waals surface area contributed by atoms with Crippen LogP contribution in [0.1, 0.15) is 11.9 Å². The maximum absolute atomic E-state index is 5.95. The summed E-state index contributed by atoms with van der Waals surface area (Å²) in [5, 5.41) is 4.18. The molecule has 3 heterocycles. The third-order valence-electron chi connectivity index (χ3n) is 3.46. The van der Waals surface area contributed by atoms with E-state index in [2.05, 4.69) is 22.0 Å². The second-order valence-electron chi connectivity index (χ2n) is 5.01. The van der Waals surface area contributed by atoms with Crippen molar-refractivity contribution in [1.29, 1.82) is 0 Å². The molecule has 1 aliphatic heterocycles. The van der Waals surface area contributed by atoms with Gasteiger partial charge in [0.2, 0.25) is 0 Å². The Morgan fingerprint density at radius 3 is 2.90 bits per heavy atom. The molecular formula is C13H18N6S. The predicted octanol–water partition coefficient (Wildman–Crippen LogP) is 1.18. The van der Waals surface area contributed by atoms with Crippen LogP contribution in [0.5, 0.6) is 0 Å². The molecule has 0 spiro atoms. The molecule has 1 atom stereocenters. The van der Waals surface area contributed by atoms with Crippen LogP contribution >= 0.6 is 11.8 Å². The highest BCUT2D eigenvalue weighted by molar-refractivity contribution is 7.99. The molecule has 2 aromatic heterocycles. The standard InChI is InChI=1S/C13H18N6S/c1-18-3-4-20-8-11(18)13-16-10(5-12(14)17-13)9-6-15-19(2)7-9/h5-7,11H,3-4,8H2,1-2H3,(H2,14,16,17). The zero-order chi connectivity index (χ0) is 14.1. The SMILES string of the molecule is CN1CCSCC1c1nc(N)cc(-c2cnn(C)c2)n1. The molecule has 2 N–H and O–H groups in total. The zero-order valence-electron chi connectivity index (χ0n) is 11.7. The summed E-state index contributed by atoms with van der Waals surface area (Å²) in [5.41, 5.74) is 7.76. The van der Waals surface area contributed by atoms with Gasteiger partial charge in [0.25, 0.3) is 0 Å². The van der Waals surface area contributed by atoms with E-state index in [0.29, 0.717) is 5.82 Å². The molecule has 2 aromatic rings. The number of hydrogen-bond acceptors (Lipinski definition) is 6. The number of anilines is 1. The summed E-state index contributed by atoms with van der Waals surface area (Å²) < 4.78 is 1.76. The number of rotatable bonds is 2. The Kier molecular flexibility index (Phi) is 3.62. The van der Waals surface area contributed by atoms with Gasteiger partial charge in [-0.2, -0.15) is 16.9 Å².